The second-order valence-electron chi connectivity index (χ2n) is 5.93. The molecule has 4 aromatic rings. The van der Waals surface area contributed by atoms with Gasteiger partial charge in [0.15, 0.2) is 0 Å². The van der Waals surface area contributed by atoms with Crippen LogP contribution >= 0.6 is 11.3 Å². The quantitative estimate of drug-likeness (QED) is 0.486. The lowest BCUT2D eigenvalue weighted by Crippen LogP contribution is -2.29. The third-order valence-electron chi connectivity index (χ3n) is 3.99. The number of benzene rings is 2. The number of imidazole rings is 1. The van der Waals surface area contributed by atoms with Crippen LogP contribution in [0.25, 0.3) is 16.2 Å². The Morgan fingerprint density at radius 1 is 1.07 bits per heavy atom. The van der Waals surface area contributed by atoms with Crippen molar-refractivity contribution in [1.82, 2.24) is 19.9 Å². The Hall–Kier alpha value is -3.33. The molecule has 0 bridgehead atoms. The molecule has 0 radical (unpaired) electrons. The van der Waals surface area contributed by atoms with Crippen molar-refractivity contribution in [3.63, 3.8) is 0 Å². The molecule has 0 aliphatic rings. The summed E-state index contributed by atoms with van der Waals surface area (Å²) in [7, 11) is 0. The zero-order chi connectivity index (χ0) is 19.5. The Balaban J connectivity index is 1.33. The molecule has 0 atom stereocenters. The van der Waals surface area contributed by atoms with Crippen LogP contribution in [-0.2, 0) is 0 Å². The molecule has 0 saturated heterocycles. The number of rotatable bonds is 6. The van der Waals surface area contributed by atoms with Crippen LogP contribution in [0.15, 0.2) is 54.7 Å². The van der Waals surface area contributed by atoms with Crippen LogP contribution in [-0.4, -0.2) is 33.6 Å². The van der Waals surface area contributed by atoms with E-state index in [1.165, 1.54) is 41.7 Å². The van der Waals surface area contributed by atoms with Gasteiger partial charge in [-0.2, -0.15) is 0 Å². The molecule has 4 rings (SSSR count). The molecule has 142 valence electrons. The van der Waals surface area contributed by atoms with Crippen molar-refractivity contribution in [1.29, 1.82) is 0 Å². The van der Waals surface area contributed by atoms with Crippen LogP contribution in [0.5, 0.6) is 0 Å². The Labute approximate surface area is 162 Å². The predicted octanol–water partition coefficient (Wildman–Crippen LogP) is 3.58. The molecule has 1 amide bonds. The van der Waals surface area contributed by atoms with Gasteiger partial charge in [-0.05, 0) is 36.4 Å². The molecule has 28 heavy (non-hydrogen) atoms. The average Bonchev–Trinajstić information content (AvgIpc) is 3.25. The Morgan fingerprint density at radius 2 is 1.86 bits per heavy atom. The fourth-order valence-corrected chi connectivity index (χ4v) is 3.42. The Bertz CT molecular complexity index is 1090. The molecule has 0 aliphatic carbocycles. The first-order chi connectivity index (χ1) is 13.6. The van der Waals surface area contributed by atoms with Crippen LogP contribution in [0.2, 0.25) is 0 Å². The molecule has 2 aromatic heterocycles. The number of carbonyl (C=O) groups is 1. The number of carbonyl (C=O) groups excluding carboxylic acids is 1. The number of hydrogen-bond donors (Lipinski definition) is 2. The third-order valence-corrected chi connectivity index (χ3v) is 4.87. The van der Waals surface area contributed by atoms with Crippen molar-refractivity contribution in [2.75, 3.05) is 18.4 Å². The second kappa shape index (κ2) is 7.73. The van der Waals surface area contributed by atoms with E-state index >= 15 is 0 Å². The molecule has 0 aliphatic heterocycles. The summed E-state index contributed by atoms with van der Waals surface area (Å²) in [5.74, 6) is -1.31. The number of fused-ring (bicyclic) bond motifs is 1. The molecule has 0 saturated carbocycles. The topological polar surface area (TPSA) is 71.3 Å². The highest BCUT2D eigenvalue weighted by atomic mass is 32.1. The van der Waals surface area contributed by atoms with Gasteiger partial charge in [-0.15, -0.1) is 5.10 Å². The largest absolute Gasteiger partial charge is 0.358 e. The number of nitrogens with one attached hydrogen (secondary N) is 2. The molecule has 6 nitrogen and oxygen atoms in total. The molecular formula is C19H15F2N5OS. The van der Waals surface area contributed by atoms with Gasteiger partial charge in [-0.1, -0.05) is 23.5 Å². The van der Waals surface area contributed by atoms with E-state index in [-0.39, 0.29) is 11.4 Å². The van der Waals surface area contributed by atoms with E-state index in [0.717, 1.165) is 5.56 Å². The van der Waals surface area contributed by atoms with Gasteiger partial charge in [0.25, 0.3) is 5.91 Å². The second-order valence-corrected chi connectivity index (χ2v) is 6.89. The highest BCUT2D eigenvalue weighted by molar-refractivity contribution is 7.20. The van der Waals surface area contributed by atoms with Crippen molar-refractivity contribution in [2.45, 2.75) is 0 Å². The first-order valence-corrected chi connectivity index (χ1v) is 9.30. The van der Waals surface area contributed by atoms with E-state index in [4.69, 9.17) is 0 Å². The van der Waals surface area contributed by atoms with Crippen molar-refractivity contribution in [2.24, 2.45) is 0 Å². The van der Waals surface area contributed by atoms with Gasteiger partial charge in [0.1, 0.15) is 11.6 Å². The van der Waals surface area contributed by atoms with Gasteiger partial charge in [0.05, 0.1) is 17.5 Å². The zero-order valence-electron chi connectivity index (χ0n) is 14.5. The van der Waals surface area contributed by atoms with E-state index in [2.05, 4.69) is 20.7 Å². The van der Waals surface area contributed by atoms with Crippen LogP contribution in [0, 0.1) is 11.6 Å². The highest BCUT2D eigenvalue weighted by Gasteiger charge is 2.11. The maximum Gasteiger partial charge on any atom is 0.254 e. The van der Waals surface area contributed by atoms with Crippen LogP contribution in [0.4, 0.5) is 13.9 Å². The van der Waals surface area contributed by atoms with E-state index in [9.17, 15) is 13.6 Å². The third kappa shape index (κ3) is 3.84. The average molecular weight is 399 g/mol. The summed E-state index contributed by atoms with van der Waals surface area (Å²) < 4.78 is 28.2. The number of hydrogen-bond acceptors (Lipinski definition) is 5. The highest BCUT2D eigenvalue weighted by Crippen LogP contribution is 2.24. The summed E-state index contributed by atoms with van der Waals surface area (Å²) in [5.41, 5.74) is 1.54. The summed E-state index contributed by atoms with van der Waals surface area (Å²) in [5, 5.41) is 10.8. The fraction of sp³-hybridized carbons (Fsp3) is 0.105. The standard InChI is InChI=1S/C19H15F2N5OS/c20-13-7-5-12(6-8-13)16-11-26-19(24-16)28-18(25-26)23-10-9-22-17(27)14-3-1-2-4-15(14)21/h1-8,11H,9-10H2,(H,22,27)(H,23,25). The molecule has 0 fully saturated rings. The minimum absolute atomic E-state index is 0.0172. The molecule has 0 unspecified atom stereocenters. The van der Waals surface area contributed by atoms with Gasteiger partial charge in [-0.3, -0.25) is 4.79 Å². The van der Waals surface area contributed by atoms with Gasteiger partial charge in [0.2, 0.25) is 10.1 Å². The summed E-state index contributed by atoms with van der Waals surface area (Å²) in [6.45, 7) is 0.748. The van der Waals surface area contributed by atoms with Gasteiger partial charge >= 0.3 is 0 Å². The van der Waals surface area contributed by atoms with E-state index in [1.807, 2.05) is 0 Å². The molecule has 2 heterocycles. The van der Waals surface area contributed by atoms with Crippen LogP contribution < -0.4 is 10.6 Å². The molecular weight excluding hydrogens is 384 g/mol. The van der Waals surface area contributed by atoms with Crippen LogP contribution in [0.1, 0.15) is 10.4 Å². The number of halogens is 2. The lowest BCUT2D eigenvalue weighted by molar-refractivity contribution is 0.0951. The fourth-order valence-electron chi connectivity index (χ4n) is 2.62. The maximum atomic E-state index is 13.6. The lowest BCUT2D eigenvalue weighted by atomic mass is 10.2. The minimum atomic E-state index is -0.550. The summed E-state index contributed by atoms with van der Waals surface area (Å²) in [4.78, 5) is 17.1. The number of nitrogens with zero attached hydrogens (tertiary/aromatic N) is 3. The monoisotopic (exact) mass is 399 g/mol. The summed E-state index contributed by atoms with van der Waals surface area (Å²) in [6.07, 6.45) is 1.77. The SMILES string of the molecule is O=C(NCCNc1nn2cc(-c3ccc(F)cc3)nc2s1)c1ccccc1F. The van der Waals surface area contributed by atoms with E-state index in [0.29, 0.717) is 28.9 Å². The summed E-state index contributed by atoms with van der Waals surface area (Å²) in [6, 6.07) is 11.9. The number of amides is 1. The number of anilines is 1. The predicted molar refractivity (Wildman–Crippen MR) is 103 cm³/mol. The maximum absolute atomic E-state index is 13.6. The molecule has 2 aromatic carbocycles. The lowest BCUT2D eigenvalue weighted by Gasteiger charge is -2.06. The first-order valence-electron chi connectivity index (χ1n) is 8.49. The first kappa shape index (κ1) is 18.1. The van der Waals surface area contributed by atoms with Crippen molar-refractivity contribution in [3.05, 3.63) is 71.9 Å². The van der Waals surface area contributed by atoms with E-state index < -0.39 is 11.7 Å². The molecule has 0 spiro atoms. The van der Waals surface area contributed by atoms with Gasteiger partial charge in [-0.25, -0.2) is 18.3 Å². The van der Waals surface area contributed by atoms with Gasteiger partial charge < -0.3 is 10.6 Å². The Morgan fingerprint density at radius 3 is 2.61 bits per heavy atom. The van der Waals surface area contributed by atoms with Crippen molar-refractivity contribution < 1.29 is 13.6 Å². The molecule has 2 N–H and O–H groups in total. The zero-order valence-corrected chi connectivity index (χ0v) is 15.3. The van der Waals surface area contributed by atoms with Gasteiger partial charge in [0, 0.05) is 18.7 Å². The van der Waals surface area contributed by atoms with Crippen molar-refractivity contribution in [3.8, 4) is 11.3 Å². The van der Waals surface area contributed by atoms with E-state index in [1.54, 1.807) is 28.9 Å². The smallest absolute Gasteiger partial charge is 0.254 e. The van der Waals surface area contributed by atoms with Crippen LogP contribution in [0.3, 0.4) is 0 Å². The normalized spacial score (nSPS) is 10.9. The minimum Gasteiger partial charge on any atom is -0.358 e. The molecule has 9 heteroatoms. The van der Waals surface area contributed by atoms with Crippen molar-refractivity contribution >= 4 is 27.3 Å². The number of aromatic nitrogens is 3. The summed E-state index contributed by atoms with van der Waals surface area (Å²) >= 11 is 1.36. The Kier molecular flexibility index (Phi) is 4.98.